The number of anilines is 1. The van der Waals surface area contributed by atoms with E-state index in [0.29, 0.717) is 30.0 Å². The number of amides is 2. The summed E-state index contributed by atoms with van der Waals surface area (Å²) < 4.78 is 18.1. The fourth-order valence-corrected chi connectivity index (χ4v) is 2.30. The number of carbonyl (C=O) groups is 2. The number of nitrogens with one attached hydrogen (secondary N) is 2. The fraction of sp³-hybridized carbons (Fsp3) is 0.176. The van der Waals surface area contributed by atoms with Gasteiger partial charge in [-0.1, -0.05) is 12.1 Å². The lowest BCUT2D eigenvalue weighted by Crippen LogP contribution is -2.28. The molecule has 0 radical (unpaired) electrons. The van der Waals surface area contributed by atoms with E-state index in [2.05, 4.69) is 10.6 Å². The van der Waals surface area contributed by atoms with E-state index in [1.54, 1.807) is 30.3 Å². The number of benzene rings is 2. The molecule has 2 amide bonds. The lowest BCUT2D eigenvalue weighted by molar-refractivity contribution is -0.118. The van der Waals surface area contributed by atoms with E-state index < -0.39 is 0 Å². The first-order chi connectivity index (χ1) is 11.1. The zero-order valence-corrected chi connectivity index (χ0v) is 12.3. The third-order valence-corrected chi connectivity index (χ3v) is 3.49. The molecule has 118 valence electrons. The van der Waals surface area contributed by atoms with Crippen molar-refractivity contribution in [1.29, 1.82) is 0 Å². The maximum atomic E-state index is 12.8. The molecule has 0 bridgehead atoms. The van der Waals surface area contributed by atoms with Crippen LogP contribution >= 0.6 is 0 Å². The molecule has 2 aromatic rings. The molecule has 5 nitrogen and oxygen atoms in total. The van der Waals surface area contributed by atoms with Gasteiger partial charge in [-0.15, -0.1) is 0 Å². The SMILES string of the molecule is O=C1COc2ccc(C(=O)NCCc3ccc(F)cc3)cc2N1. The van der Waals surface area contributed by atoms with Crippen molar-refractivity contribution in [3.8, 4) is 5.75 Å². The predicted octanol–water partition coefficient (Wildman–Crippen LogP) is 2.13. The van der Waals surface area contributed by atoms with Gasteiger partial charge in [-0.05, 0) is 42.3 Å². The quantitative estimate of drug-likeness (QED) is 0.908. The Labute approximate surface area is 132 Å². The maximum Gasteiger partial charge on any atom is 0.262 e. The maximum absolute atomic E-state index is 12.8. The Morgan fingerprint density at radius 3 is 2.78 bits per heavy atom. The number of carbonyl (C=O) groups excluding carboxylic acids is 2. The number of hydrogen-bond acceptors (Lipinski definition) is 3. The average Bonchev–Trinajstić information content (AvgIpc) is 2.56. The minimum absolute atomic E-state index is 0.0176. The molecule has 6 heteroatoms. The van der Waals surface area contributed by atoms with Gasteiger partial charge in [-0.3, -0.25) is 9.59 Å². The predicted molar refractivity (Wildman–Crippen MR) is 83.0 cm³/mol. The zero-order valence-electron chi connectivity index (χ0n) is 12.3. The molecule has 2 aromatic carbocycles. The molecule has 0 atom stereocenters. The first-order valence-electron chi connectivity index (χ1n) is 7.21. The summed E-state index contributed by atoms with van der Waals surface area (Å²) in [5, 5.41) is 5.46. The summed E-state index contributed by atoms with van der Waals surface area (Å²) in [5.74, 6) is -0.218. The van der Waals surface area contributed by atoms with Crippen molar-refractivity contribution in [1.82, 2.24) is 5.32 Å². The van der Waals surface area contributed by atoms with E-state index in [0.717, 1.165) is 5.56 Å². The van der Waals surface area contributed by atoms with Crippen LogP contribution in [0.25, 0.3) is 0 Å². The van der Waals surface area contributed by atoms with Gasteiger partial charge in [0.25, 0.3) is 11.8 Å². The lowest BCUT2D eigenvalue weighted by atomic mass is 10.1. The van der Waals surface area contributed by atoms with Gasteiger partial charge in [0.15, 0.2) is 6.61 Å². The summed E-state index contributed by atoms with van der Waals surface area (Å²) in [4.78, 5) is 23.4. The Balaban J connectivity index is 1.59. The molecule has 23 heavy (non-hydrogen) atoms. The van der Waals surface area contributed by atoms with Crippen LogP contribution in [0.3, 0.4) is 0 Å². The summed E-state index contributed by atoms with van der Waals surface area (Å²) in [6.07, 6.45) is 0.608. The Hall–Kier alpha value is -2.89. The van der Waals surface area contributed by atoms with Crippen molar-refractivity contribution >= 4 is 17.5 Å². The van der Waals surface area contributed by atoms with Gasteiger partial charge in [0.2, 0.25) is 0 Å². The van der Waals surface area contributed by atoms with E-state index >= 15 is 0 Å². The van der Waals surface area contributed by atoms with Gasteiger partial charge in [-0.25, -0.2) is 4.39 Å². The van der Waals surface area contributed by atoms with Crippen LogP contribution in [0.2, 0.25) is 0 Å². The molecule has 0 aromatic heterocycles. The molecule has 3 rings (SSSR count). The zero-order chi connectivity index (χ0) is 16.2. The molecular weight excluding hydrogens is 299 g/mol. The van der Waals surface area contributed by atoms with Gasteiger partial charge in [0.1, 0.15) is 11.6 Å². The highest BCUT2D eigenvalue weighted by molar-refractivity contribution is 5.99. The standard InChI is InChI=1S/C17H15FN2O3/c18-13-4-1-11(2-5-13)7-8-19-17(22)12-3-6-15-14(9-12)20-16(21)10-23-15/h1-6,9H,7-8,10H2,(H,19,22)(H,20,21). The van der Waals surface area contributed by atoms with Gasteiger partial charge in [0, 0.05) is 12.1 Å². The molecule has 1 aliphatic rings. The highest BCUT2D eigenvalue weighted by atomic mass is 19.1. The Kier molecular flexibility index (Phi) is 4.23. The van der Waals surface area contributed by atoms with E-state index in [1.165, 1.54) is 12.1 Å². The van der Waals surface area contributed by atoms with Crippen LogP contribution in [0.5, 0.6) is 5.75 Å². The van der Waals surface area contributed by atoms with Crippen molar-refractivity contribution in [2.45, 2.75) is 6.42 Å². The highest BCUT2D eigenvalue weighted by Crippen LogP contribution is 2.28. The second kappa shape index (κ2) is 6.48. The average molecular weight is 314 g/mol. The van der Waals surface area contributed by atoms with Crippen LogP contribution in [0.4, 0.5) is 10.1 Å². The molecule has 1 heterocycles. The number of fused-ring (bicyclic) bond motifs is 1. The van der Waals surface area contributed by atoms with Crippen LogP contribution in [0.15, 0.2) is 42.5 Å². The molecule has 0 spiro atoms. The third-order valence-electron chi connectivity index (χ3n) is 3.49. The van der Waals surface area contributed by atoms with Gasteiger partial charge >= 0.3 is 0 Å². The van der Waals surface area contributed by atoms with Gasteiger partial charge in [0.05, 0.1) is 5.69 Å². The Bertz CT molecular complexity index is 744. The molecule has 1 aliphatic heterocycles. The minimum atomic E-state index is -0.281. The van der Waals surface area contributed by atoms with Crippen molar-refractivity contribution in [3.05, 3.63) is 59.4 Å². The van der Waals surface area contributed by atoms with Crippen LogP contribution in [-0.4, -0.2) is 25.0 Å². The number of rotatable bonds is 4. The molecule has 0 saturated heterocycles. The van der Waals surface area contributed by atoms with Crippen molar-refractivity contribution < 1.29 is 18.7 Å². The summed E-state index contributed by atoms with van der Waals surface area (Å²) in [6.45, 7) is 0.417. The second-order valence-electron chi connectivity index (χ2n) is 5.18. The monoisotopic (exact) mass is 314 g/mol. The topological polar surface area (TPSA) is 67.4 Å². The Morgan fingerprint density at radius 2 is 2.00 bits per heavy atom. The fourth-order valence-electron chi connectivity index (χ4n) is 2.30. The Morgan fingerprint density at radius 1 is 1.22 bits per heavy atom. The second-order valence-corrected chi connectivity index (χ2v) is 5.18. The summed E-state index contributed by atoms with van der Waals surface area (Å²) in [6, 6.07) is 11.0. The molecule has 0 saturated carbocycles. The van der Waals surface area contributed by atoms with Crippen molar-refractivity contribution in [3.63, 3.8) is 0 Å². The van der Waals surface area contributed by atoms with Crippen LogP contribution < -0.4 is 15.4 Å². The van der Waals surface area contributed by atoms with Crippen molar-refractivity contribution in [2.75, 3.05) is 18.5 Å². The first kappa shape index (κ1) is 15.0. The summed E-state index contributed by atoms with van der Waals surface area (Å²) in [5.41, 5.74) is 1.87. The van der Waals surface area contributed by atoms with Crippen molar-refractivity contribution in [2.24, 2.45) is 0 Å². The first-order valence-corrected chi connectivity index (χ1v) is 7.21. The molecule has 2 N–H and O–H groups in total. The van der Waals surface area contributed by atoms with E-state index in [4.69, 9.17) is 4.74 Å². The van der Waals surface area contributed by atoms with E-state index in [1.807, 2.05) is 0 Å². The van der Waals surface area contributed by atoms with Gasteiger partial charge < -0.3 is 15.4 Å². The third kappa shape index (κ3) is 3.66. The van der Waals surface area contributed by atoms with E-state index in [-0.39, 0.29) is 24.2 Å². The molecular formula is C17H15FN2O3. The van der Waals surface area contributed by atoms with Crippen LogP contribution in [-0.2, 0) is 11.2 Å². The number of hydrogen-bond donors (Lipinski definition) is 2. The minimum Gasteiger partial charge on any atom is -0.482 e. The molecule has 0 aliphatic carbocycles. The molecule has 0 unspecified atom stereocenters. The van der Waals surface area contributed by atoms with E-state index in [9.17, 15) is 14.0 Å². The summed E-state index contributed by atoms with van der Waals surface area (Å²) in [7, 11) is 0. The number of halogens is 1. The largest absolute Gasteiger partial charge is 0.482 e. The van der Waals surface area contributed by atoms with Crippen LogP contribution in [0, 0.1) is 5.82 Å². The lowest BCUT2D eigenvalue weighted by Gasteiger charge is -2.18. The van der Waals surface area contributed by atoms with Crippen LogP contribution in [0.1, 0.15) is 15.9 Å². The molecule has 0 fully saturated rings. The smallest absolute Gasteiger partial charge is 0.262 e. The normalized spacial score (nSPS) is 12.8. The van der Waals surface area contributed by atoms with Gasteiger partial charge in [-0.2, -0.15) is 0 Å². The number of ether oxygens (including phenoxy) is 1. The highest BCUT2D eigenvalue weighted by Gasteiger charge is 2.17. The summed E-state index contributed by atoms with van der Waals surface area (Å²) >= 11 is 0.